The normalized spacial score (nSPS) is 17.4. The van der Waals surface area contributed by atoms with E-state index in [0.717, 1.165) is 18.2 Å². The zero-order valence-corrected chi connectivity index (χ0v) is 18.9. The molecule has 1 aliphatic rings. The highest BCUT2D eigenvalue weighted by atomic mass is 32.2. The minimum Gasteiger partial charge on any atom is -0.339 e. The number of amides is 1. The lowest BCUT2D eigenvalue weighted by molar-refractivity contribution is -0.120. The molecular formula is C20H20F2N4O4S2. The van der Waals surface area contributed by atoms with Crippen molar-refractivity contribution in [3.8, 4) is 10.7 Å². The smallest absolute Gasteiger partial charge is 0.244 e. The molecule has 1 atom stereocenters. The summed E-state index contributed by atoms with van der Waals surface area (Å²) in [6.07, 6.45) is 0.897. The summed E-state index contributed by atoms with van der Waals surface area (Å²) in [5.41, 5.74) is -0.274. The van der Waals surface area contributed by atoms with E-state index in [-0.39, 0.29) is 23.7 Å². The molecule has 0 radical (unpaired) electrons. The first-order valence-electron chi connectivity index (χ1n) is 9.82. The molecule has 1 aromatic carbocycles. The molecule has 1 saturated heterocycles. The second-order valence-corrected chi connectivity index (χ2v) is 10.6. The van der Waals surface area contributed by atoms with Gasteiger partial charge in [0.1, 0.15) is 11.6 Å². The van der Waals surface area contributed by atoms with Crippen molar-refractivity contribution in [3.05, 3.63) is 46.7 Å². The van der Waals surface area contributed by atoms with E-state index in [1.807, 2.05) is 0 Å². The van der Waals surface area contributed by atoms with Gasteiger partial charge in [-0.3, -0.25) is 4.79 Å². The van der Waals surface area contributed by atoms with Gasteiger partial charge in [0, 0.05) is 31.0 Å². The number of aryl methyl sites for hydroxylation is 2. The second kappa shape index (κ2) is 8.68. The van der Waals surface area contributed by atoms with Gasteiger partial charge < -0.3 is 9.84 Å². The van der Waals surface area contributed by atoms with E-state index in [4.69, 9.17) is 4.52 Å². The third-order valence-corrected chi connectivity index (χ3v) is 8.35. The SMILES string of the molecule is Cc1nc(-c2cc(S(=O)(=O)N3CCCC(C(=O)Nc4cc(F)ccc4F)C3)c(C)s2)no1. The molecule has 32 heavy (non-hydrogen) atoms. The first-order valence-corrected chi connectivity index (χ1v) is 12.1. The maximum Gasteiger partial charge on any atom is 0.244 e. The van der Waals surface area contributed by atoms with Crippen LogP contribution in [0, 0.1) is 31.4 Å². The highest BCUT2D eigenvalue weighted by Gasteiger charge is 2.35. The van der Waals surface area contributed by atoms with Crippen molar-refractivity contribution in [2.75, 3.05) is 18.4 Å². The maximum absolute atomic E-state index is 13.9. The number of halogens is 2. The van der Waals surface area contributed by atoms with E-state index in [0.29, 0.717) is 34.3 Å². The Morgan fingerprint density at radius 3 is 2.78 bits per heavy atom. The molecule has 0 spiro atoms. The lowest BCUT2D eigenvalue weighted by Crippen LogP contribution is -2.43. The predicted molar refractivity (Wildman–Crippen MR) is 114 cm³/mol. The van der Waals surface area contributed by atoms with Crippen LogP contribution < -0.4 is 5.32 Å². The molecule has 1 fully saturated rings. The number of piperidine rings is 1. The first kappa shape index (κ1) is 22.5. The molecule has 4 rings (SSSR count). The predicted octanol–water partition coefficient (Wildman–Crippen LogP) is 3.73. The molecule has 1 unspecified atom stereocenters. The molecule has 0 aliphatic carbocycles. The monoisotopic (exact) mass is 482 g/mol. The molecule has 12 heteroatoms. The number of carbonyl (C=O) groups is 1. The van der Waals surface area contributed by atoms with Gasteiger partial charge in [0.05, 0.1) is 21.4 Å². The molecule has 170 valence electrons. The van der Waals surface area contributed by atoms with Crippen LogP contribution in [-0.4, -0.2) is 41.9 Å². The molecule has 1 N–H and O–H groups in total. The molecule has 2 aromatic heterocycles. The van der Waals surface area contributed by atoms with Crippen LogP contribution in [-0.2, 0) is 14.8 Å². The molecule has 3 aromatic rings. The van der Waals surface area contributed by atoms with Crippen LogP contribution >= 0.6 is 11.3 Å². The number of nitrogens with one attached hydrogen (secondary N) is 1. The molecule has 0 bridgehead atoms. The first-order chi connectivity index (χ1) is 15.1. The van der Waals surface area contributed by atoms with E-state index in [1.54, 1.807) is 13.8 Å². The molecular weight excluding hydrogens is 462 g/mol. The van der Waals surface area contributed by atoms with Gasteiger partial charge in [0.2, 0.25) is 27.6 Å². The molecule has 3 heterocycles. The Hall–Kier alpha value is -2.70. The summed E-state index contributed by atoms with van der Waals surface area (Å²) in [5.74, 6) is -2.02. The summed E-state index contributed by atoms with van der Waals surface area (Å²) in [6.45, 7) is 3.53. The zero-order valence-electron chi connectivity index (χ0n) is 17.3. The van der Waals surface area contributed by atoms with Crippen molar-refractivity contribution in [2.45, 2.75) is 31.6 Å². The van der Waals surface area contributed by atoms with Gasteiger partial charge in [-0.1, -0.05) is 5.16 Å². The van der Waals surface area contributed by atoms with Crippen molar-refractivity contribution in [1.29, 1.82) is 0 Å². The third kappa shape index (κ3) is 4.43. The average Bonchev–Trinajstić information content (AvgIpc) is 3.36. The second-order valence-electron chi connectivity index (χ2n) is 7.48. The summed E-state index contributed by atoms with van der Waals surface area (Å²) in [7, 11) is -3.88. The topological polar surface area (TPSA) is 105 Å². The maximum atomic E-state index is 13.9. The van der Waals surface area contributed by atoms with E-state index in [1.165, 1.54) is 21.7 Å². The summed E-state index contributed by atoms with van der Waals surface area (Å²) in [4.78, 5) is 18.0. The Morgan fingerprint density at radius 1 is 1.28 bits per heavy atom. The fourth-order valence-corrected chi connectivity index (χ4v) is 6.58. The molecule has 1 amide bonds. The van der Waals surface area contributed by atoms with Crippen LogP contribution in [0.1, 0.15) is 23.6 Å². The minimum absolute atomic E-state index is 0.0585. The standard InChI is InChI=1S/C20H20F2N4O4S2/c1-11-18(9-17(31-11)19-23-12(2)30-25-19)32(28,29)26-7-3-4-13(10-26)20(27)24-16-8-14(21)5-6-15(16)22/h5-6,8-9,13H,3-4,7,10H2,1-2H3,(H,24,27). The largest absolute Gasteiger partial charge is 0.339 e. The van der Waals surface area contributed by atoms with E-state index in [2.05, 4.69) is 15.5 Å². The fourth-order valence-electron chi connectivity index (χ4n) is 3.57. The Balaban J connectivity index is 1.53. The number of rotatable bonds is 5. The van der Waals surface area contributed by atoms with Gasteiger partial charge in [0.25, 0.3) is 0 Å². The van der Waals surface area contributed by atoms with Crippen LogP contribution in [0.15, 0.2) is 33.7 Å². The zero-order chi connectivity index (χ0) is 23.0. The van der Waals surface area contributed by atoms with Crippen LogP contribution in [0.2, 0.25) is 0 Å². The van der Waals surface area contributed by atoms with E-state index in [9.17, 15) is 22.0 Å². The Morgan fingerprint density at radius 2 is 2.06 bits per heavy atom. The quantitative estimate of drug-likeness (QED) is 0.594. The van der Waals surface area contributed by atoms with Crippen LogP contribution in [0.3, 0.4) is 0 Å². The minimum atomic E-state index is -3.88. The summed E-state index contributed by atoms with van der Waals surface area (Å²) in [5, 5.41) is 6.20. The van der Waals surface area contributed by atoms with Gasteiger partial charge in [-0.05, 0) is 38.0 Å². The number of carbonyl (C=O) groups excluding carboxylic acids is 1. The molecule has 0 saturated carbocycles. The summed E-state index contributed by atoms with van der Waals surface area (Å²) >= 11 is 1.24. The molecule has 8 nitrogen and oxygen atoms in total. The molecule has 1 aliphatic heterocycles. The fraction of sp³-hybridized carbons (Fsp3) is 0.350. The lowest BCUT2D eigenvalue weighted by Gasteiger charge is -2.31. The average molecular weight is 483 g/mol. The third-order valence-electron chi connectivity index (χ3n) is 5.18. The van der Waals surface area contributed by atoms with E-state index < -0.39 is 33.5 Å². The van der Waals surface area contributed by atoms with Crippen molar-refractivity contribution in [2.24, 2.45) is 5.92 Å². The highest BCUT2D eigenvalue weighted by molar-refractivity contribution is 7.89. The van der Waals surface area contributed by atoms with Gasteiger partial charge in [0.15, 0.2) is 0 Å². The van der Waals surface area contributed by atoms with Gasteiger partial charge in [-0.2, -0.15) is 9.29 Å². The van der Waals surface area contributed by atoms with Gasteiger partial charge >= 0.3 is 0 Å². The number of sulfonamides is 1. The van der Waals surface area contributed by atoms with Crippen molar-refractivity contribution in [1.82, 2.24) is 14.4 Å². The van der Waals surface area contributed by atoms with Crippen LogP contribution in [0.4, 0.5) is 14.5 Å². The summed E-state index contributed by atoms with van der Waals surface area (Å²) < 4.78 is 60.1. The summed E-state index contributed by atoms with van der Waals surface area (Å²) in [6, 6.07) is 4.27. The van der Waals surface area contributed by atoms with Crippen molar-refractivity contribution < 1.29 is 26.5 Å². The van der Waals surface area contributed by atoms with Crippen molar-refractivity contribution in [3.63, 3.8) is 0 Å². The van der Waals surface area contributed by atoms with Crippen molar-refractivity contribution >= 4 is 33.0 Å². The number of thiophene rings is 1. The highest BCUT2D eigenvalue weighted by Crippen LogP contribution is 2.35. The Bertz CT molecular complexity index is 1270. The number of hydrogen-bond acceptors (Lipinski definition) is 7. The lowest BCUT2D eigenvalue weighted by atomic mass is 9.98. The number of aromatic nitrogens is 2. The van der Waals surface area contributed by atoms with Gasteiger partial charge in [-0.25, -0.2) is 17.2 Å². The number of nitrogens with zero attached hydrogens (tertiary/aromatic N) is 3. The number of hydrogen-bond donors (Lipinski definition) is 1. The van der Waals surface area contributed by atoms with E-state index >= 15 is 0 Å². The Kier molecular flexibility index (Phi) is 6.10. The van der Waals surface area contributed by atoms with Crippen LogP contribution in [0.5, 0.6) is 0 Å². The number of benzene rings is 1. The number of anilines is 1. The van der Waals surface area contributed by atoms with Gasteiger partial charge in [-0.15, -0.1) is 11.3 Å². The Labute approximate surface area is 187 Å². The van der Waals surface area contributed by atoms with Crippen LogP contribution in [0.25, 0.3) is 10.7 Å².